The van der Waals surface area contributed by atoms with E-state index in [4.69, 9.17) is 21.7 Å². The highest BCUT2D eigenvalue weighted by Crippen LogP contribution is 2.17. The van der Waals surface area contributed by atoms with Crippen LogP contribution in [0.25, 0.3) is 10.8 Å². The molecule has 0 spiro atoms. The van der Waals surface area contributed by atoms with E-state index in [0.29, 0.717) is 18.4 Å². The van der Waals surface area contributed by atoms with Crippen molar-refractivity contribution in [1.82, 2.24) is 31.9 Å². The SMILES string of the molecule is CCC(C)C(NC(=O)C(CO)NC(O)C(CC(N)=O)NC(=O)C(Cc1ccc2ccccc2c1)NC(=O)C(N)CC(=O)O)C(=O)NCC(=O)NCCCO. The molecular weight excluding hydrogens is 708 g/mol. The van der Waals surface area contributed by atoms with E-state index in [-0.39, 0.29) is 19.6 Å². The van der Waals surface area contributed by atoms with Gasteiger partial charge in [-0.2, -0.15) is 0 Å². The third kappa shape index (κ3) is 15.0. The van der Waals surface area contributed by atoms with Crippen molar-refractivity contribution in [1.29, 1.82) is 0 Å². The van der Waals surface area contributed by atoms with Gasteiger partial charge in [-0.25, -0.2) is 0 Å². The Balaban J connectivity index is 2.25. The van der Waals surface area contributed by atoms with Gasteiger partial charge >= 0.3 is 5.97 Å². The van der Waals surface area contributed by atoms with Crippen LogP contribution in [0.15, 0.2) is 42.5 Å². The van der Waals surface area contributed by atoms with E-state index in [2.05, 4.69) is 31.9 Å². The maximum atomic E-state index is 13.7. The van der Waals surface area contributed by atoms with Crippen molar-refractivity contribution in [2.75, 3.05) is 26.3 Å². The summed E-state index contributed by atoms with van der Waals surface area (Å²) in [4.78, 5) is 88.0. The average molecular weight is 761 g/mol. The molecule has 0 saturated heterocycles. The average Bonchev–Trinajstić information content (AvgIpc) is 3.13. The summed E-state index contributed by atoms with van der Waals surface area (Å²) < 4.78 is 0. The summed E-state index contributed by atoms with van der Waals surface area (Å²) in [6, 6.07) is 5.47. The zero-order valence-electron chi connectivity index (χ0n) is 30.2. The first-order valence-electron chi connectivity index (χ1n) is 17.4. The molecule has 14 N–H and O–H groups in total. The molecule has 2 rings (SSSR count). The van der Waals surface area contributed by atoms with Crippen LogP contribution in [0.4, 0.5) is 0 Å². The number of aliphatic carboxylic acids is 1. The van der Waals surface area contributed by atoms with Crippen LogP contribution in [0.2, 0.25) is 0 Å². The van der Waals surface area contributed by atoms with Gasteiger partial charge in [0.2, 0.25) is 35.4 Å². The molecule has 0 radical (unpaired) electrons. The largest absolute Gasteiger partial charge is 0.481 e. The molecule has 6 amide bonds. The first-order chi connectivity index (χ1) is 25.6. The molecular formula is C35H52N8O11. The van der Waals surface area contributed by atoms with Crippen molar-refractivity contribution in [2.24, 2.45) is 17.4 Å². The molecule has 0 aliphatic heterocycles. The van der Waals surface area contributed by atoms with E-state index in [1.807, 2.05) is 24.3 Å². The highest BCUT2D eigenvalue weighted by atomic mass is 16.4. The second-order valence-electron chi connectivity index (χ2n) is 12.8. The number of carbonyl (C=O) groups excluding carboxylic acids is 6. The van der Waals surface area contributed by atoms with Crippen molar-refractivity contribution in [3.05, 3.63) is 48.0 Å². The third-order valence-electron chi connectivity index (χ3n) is 8.49. The highest BCUT2D eigenvalue weighted by Gasteiger charge is 2.34. The van der Waals surface area contributed by atoms with Gasteiger partial charge in [0.1, 0.15) is 24.4 Å². The quantitative estimate of drug-likeness (QED) is 0.0365. The zero-order chi connectivity index (χ0) is 40.4. The van der Waals surface area contributed by atoms with Crippen LogP contribution in [-0.4, -0.2) is 125 Å². The van der Waals surface area contributed by atoms with E-state index >= 15 is 0 Å². The van der Waals surface area contributed by atoms with Crippen LogP contribution in [0.1, 0.15) is 45.1 Å². The molecule has 0 heterocycles. The predicted molar refractivity (Wildman–Crippen MR) is 195 cm³/mol. The van der Waals surface area contributed by atoms with Crippen molar-refractivity contribution >= 4 is 52.2 Å². The lowest BCUT2D eigenvalue weighted by Crippen LogP contribution is -2.62. The number of carboxylic acids is 1. The lowest BCUT2D eigenvalue weighted by molar-refractivity contribution is -0.139. The minimum absolute atomic E-state index is 0.125. The van der Waals surface area contributed by atoms with E-state index < -0.39 is 110 Å². The van der Waals surface area contributed by atoms with Gasteiger partial charge in [0, 0.05) is 19.6 Å². The number of fused-ring (bicyclic) bond motifs is 1. The summed E-state index contributed by atoms with van der Waals surface area (Å²) in [6.07, 6.45) is -2.69. The first-order valence-corrected chi connectivity index (χ1v) is 17.4. The number of primary amides is 1. The highest BCUT2D eigenvalue weighted by molar-refractivity contribution is 5.93. The Morgan fingerprint density at radius 2 is 1.48 bits per heavy atom. The van der Waals surface area contributed by atoms with Crippen LogP contribution in [-0.2, 0) is 40.0 Å². The summed E-state index contributed by atoms with van der Waals surface area (Å²) >= 11 is 0. The molecule has 54 heavy (non-hydrogen) atoms. The summed E-state index contributed by atoms with van der Waals surface area (Å²) in [5.74, 6) is -6.81. The Bertz CT molecular complexity index is 1610. The van der Waals surface area contributed by atoms with Crippen LogP contribution in [0.3, 0.4) is 0 Å². The fraction of sp³-hybridized carbons (Fsp3) is 0.514. The molecule has 0 aliphatic carbocycles. The van der Waals surface area contributed by atoms with Gasteiger partial charge in [0.15, 0.2) is 0 Å². The van der Waals surface area contributed by atoms with E-state index in [9.17, 15) is 43.8 Å². The number of amides is 6. The molecule has 19 nitrogen and oxygen atoms in total. The maximum Gasteiger partial charge on any atom is 0.305 e. The molecule has 0 fully saturated rings. The number of aliphatic hydroxyl groups is 3. The number of carboxylic acid groups (broad SMARTS) is 1. The summed E-state index contributed by atoms with van der Waals surface area (Å²) in [7, 11) is 0. The number of nitrogens with one attached hydrogen (secondary N) is 6. The smallest absolute Gasteiger partial charge is 0.305 e. The molecule has 0 aromatic heterocycles. The van der Waals surface area contributed by atoms with Crippen LogP contribution in [0, 0.1) is 5.92 Å². The Morgan fingerprint density at radius 1 is 0.815 bits per heavy atom. The lowest BCUT2D eigenvalue weighted by atomic mass is 9.97. The summed E-state index contributed by atoms with van der Waals surface area (Å²) in [5, 5.41) is 55.6. The minimum Gasteiger partial charge on any atom is -0.481 e. The molecule has 7 unspecified atom stereocenters. The van der Waals surface area contributed by atoms with Gasteiger partial charge in [0.05, 0.1) is 38.1 Å². The maximum absolute atomic E-state index is 13.7. The number of rotatable bonds is 24. The van der Waals surface area contributed by atoms with Crippen LogP contribution >= 0.6 is 0 Å². The Hall–Kier alpha value is -5.21. The van der Waals surface area contributed by atoms with Gasteiger partial charge in [0.25, 0.3) is 0 Å². The van der Waals surface area contributed by atoms with Gasteiger partial charge in [-0.15, -0.1) is 0 Å². The first kappa shape index (κ1) is 44.9. The lowest BCUT2D eigenvalue weighted by Gasteiger charge is -2.30. The van der Waals surface area contributed by atoms with Crippen molar-refractivity contribution in [2.45, 2.75) is 82.4 Å². The number of benzene rings is 2. The number of aliphatic hydroxyl groups excluding tert-OH is 3. The molecule has 7 atom stereocenters. The van der Waals surface area contributed by atoms with Crippen LogP contribution < -0.4 is 43.4 Å². The number of hydrogen-bond donors (Lipinski definition) is 12. The van der Waals surface area contributed by atoms with E-state index in [0.717, 1.165) is 10.8 Å². The molecule has 0 aliphatic rings. The Kier molecular flexibility index (Phi) is 19.0. The van der Waals surface area contributed by atoms with Crippen molar-refractivity contribution in [3.8, 4) is 0 Å². The Labute approximate surface area is 312 Å². The van der Waals surface area contributed by atoms with Gasteiger partial charge in [-0.1, -0.05) is 62.7 Å². The summed E-state index contributed by atoms with van der Waals surface area (Å²) in [6.45, 7) is 2.18. The molecule has 0 saturated carbocycles. The minimum atomic E-state index is -1.91. The monoisotopic (exact) mass is 760 g/mol. The molecule has 2 aromatic rings. The van der Waals surface area contributed by atoms with Gasteiger partial charge in [-0.05, 0) is 28.7 Å². The Morgan fingerprint density at radius 3 is 2.09 bits per heavy atom. The zero-order valence-corrected chi connectivity index (χ0v) is 30.2. The fourth-order valence-corrected chi connectivity index (χ4v) is 5.25. The van der Waals surface area contributed by atoms with E-state index in [1.165, 1.54) is 0 Å². The number of nitrogens with two attached hydrogens (primary N) is 2. The number of carbonyl (C=O) groups is 7. The third-order valence-corrected chi connectivity index (χ3v) is 8.49. The van der Waals surface area contributed by atoms with Crippen molar-refractivity contribution < 1.29 is 54.0 Å². The number of hydrogen-bond acceptors (Lipinski definition) is 12. The van der Waals surface area contributed by atoms with E-state index in [1.54, 1.807) is 32.0 Å². The molecule has 298 valence electrons. The van der Waals surface area contributed by atoms with Gasteiger partial charge < -0.3 is 58.5 Å². The second kappa shape index (κ2) is 22.8. The standard InChI is InChI=1S/C35H52N8O11/c1-3-19(2)30(35(54)39-17-28(47)38-11-6-12-44)43-34(53)26(18-45)42-33(52)25(16-27(37)46)41-32(51)24(40-31(50)23(36)15-29(48)49)14-20-9-10-21-7-4-5-8-22(21)13-20/h4-5,7-10,13,19,23-26,30,33,42,44-45,52H,3,6,11-12,14-18,36H2,1-2H3,(H2,37,46)(H,38,47)(H,39,54)(H,40,50)(H,41,51)(H,43,53)(H,48,49). The van der Waals surface area contributed by atoms with Gasteiger partial charge in [-0.3, -0.25) is 38.9 Å². The fourth-order valence-electron chi connectivity index (χ4n) is 5.25. The van der Waals surface area contributed by atoms with Crippen LogP contribution in [0.5, 0.6) is 0 Å². The molecule has 19 heteroatoms. The topological polar surface area (TPSA) is 325 Å². The summed E-state index contributed by atoms with van der Waals surface area (Å²) in [5.41, 5.74) is 11.7. The normalized spacial score (nSPS) is 15.0. The molecule has 2 aromatic carbocycles. The second-order valence-corrected chi connectivity index (χ2v) is 12.8. The molecule has 0 bridgehead atoms. The predicted octanol–water partition coefficient (Wildman–Crippen LogP) is -3.56. The van der Waals surface area contributed by atoms with Crippen molar-refractivity contribution in [3.63, 3.8) is 0 Å².